The number of benzene rings is 1. The molecule has 0 heterocycles. The highest BCUT2D eigenvalue weighted by Gasteiger charge is 2.12. The quantitative estimate of drug-likeness (QED) is 0.622. The number of ether oxygens (including phenoxy) is 1. The third-order valence-corrected chi connectivity index (χ3v) is 3.82. The molecule has 0 aliphatic carbocycles. The largest absolute Gasteiger partial charge is 0.381 e. The van der Waals surface area contributed by atoms with Crippen LogP contribution in [-0.2, 0) is 4.74 Å². The summed E-state index contributed by atoms with van der Waals surface area (Å²) in [5.74, 6) is 1.18. The maximum absolute atomic E-state index is 5.98. The van der Waals surface area contributed by atoms with Crippen LogP contribution in [0.15, 0.2) is 24.3 Å². The summed E-state index contributed by atoms with van der Waals surface area (Å²) in [6, 6.07) is 8.70. The lowest BCUT2D eigenvalue weighted by Gasteiger charge is -2.20. The standard InChI is InChI=1S/C18H30ClNO/c1-14(2)9-11-21-12-10-17(13-20-15(3)4)16-5-7-18(19)8-6-16/h5-8,14-15,17,20H,9-13H2,1-4H3. The first kappa shape index (κ1) is 18.5. The van der Waals surface area contributed by atoms with E-state index < -0.39 is 0 Å². The van der Waals surface area contributed by atoms with Gasteiger partial charge in [-0.15, -0.1) is 0 Å². The first-order valence-electron chi connectivity index (χ1n) is 8.05. The minimum atomic E-state index is 0.476. The molecule has 0 aliphatic heterocycles. The van der Waals surface area contributed by atoms with E-state index in [-0.39, 0.29) is 0 Å². The van der Waals surface area contributed by atoms with Gasteiger partial charge in [0.25, 0.3) is 0 Å². The lowest BCUT2D eigenvalue weighted by Crippen LogP contribution is -2.28. The summed E-state index contributed by atoms with van der Waals surface area (Å²) in [7, 11) is 0. The van der Waals surface area contributed by atoms with E-state index in [0.29, 0.717) is 17.9 Å². The Morgan fingerprint density at radius 3 is 2.19 bits per heavy atom. The van der Waals surface area contributed by atoms with Gasteiger partial charge < -0.3 is 10.1 Å². The molecule has 0 radical (unpaired) electrons. The van der Waals surface area contributed by atoms with Crippen molar-refractivity contribution in [3.63, 3.8) is 0 Å². The topological polar surface area (TPSA) is 21.3 Å². The van der Waals surface area contributed by atoms with Gasteiger partial charge >= 0.3 is 0 Å². The highest BCUT2D eigenvalue weighted by Crippen LogP contribution is 2.21. The van der Waals surface area contributed by atoms with Crippen molar-refractivity contribution in [1.29, 1.82) is 0 Å². The number of rotatable bonds is 10. The summed E-state index contributed by atoms with van der Waals surface area (Å²) < 4.78 is 5.77. The molecule has 0 fully saturated rings. The van der Waals surface area contributed by atoms with E-state index in [1.807, 2.05) is 12.1 Å². The molecule has 1 aromatic rings. The minimum Gasteiger partial charge on any atom is -0.381 e. The van der Waals surface area contributed by atoms with Crippen molar-refractivity contribution in [3.05, 3.63) is 34.9 Å². The average molecular weight is 312 g/mol. The molecule has 0 spiro atoms. The van der Waals surface area contributed by atoms with Gasteiger partial charge in [-0.05, 0) is 42.4 Å². The van der Waals surface area contributed by atoms with Crippen LogP contribution >= 0.6 is 11.6 Å². The normalized spacial score (nSPS) is 13.1. The van der Waals surface area contributed by atoms with Crippen LogP contribution in [0.1, 0.15) is 52.0 Å². The fourth-order valence-electron chi connectivity index (χ4n) is 2.15. The zero-order valence-corrected chi connectivity index (χ0v) is 14.6. The van der Waals surface area contributed by atoms with Crippen LogP contribution in [0, 0.1) is 5.92 Å². The monoisotopic (exact) mass is 311 g/mol. The molecule has 0 saturated carbocycles. The first-order valence-corrected chi connectivity index (χ1v) is 8.43. The van der Waals surface area contributed by atoms with Crippen LogP contribution in [-0.4, -0.2) is 25.8 Å². The maximum Gasteiger partial charge on any atom is 0.0472 e. The third kappa shape index (κ3) is 8.45. The van der Waals surface area contributed by atoms with E-state index >= 15 is 0 Å². The van der Waals surface area contributed by atoms with Crippen molar-refractivity contribution >= 4 is 11.6 Å². The molecule has 1 N–H and O–H groups in total. The van der Waals surface area contributed by atoms with E-state index in [1.54, 1.807) is 0 Å². The Bertz CT molecular complexity index is 375. The number of nitrogens with one attached hydrogen (secondary N) is 1. The predicted octanol–water partition coefficient (Wildman–Crippen LogP) is 4.87. The second-order valence-electron chi connectivity index (χ2n) is 6.39. The van der Waals surface area contributed by atoms with E-state index in [2.05, 4.69) is 45.1 Å². The molecule has 1 rings (SSSR count). The molecule has 3 heteroatoms. The smallest absolute Gasteiger partial charge is 0.0472 e. The third-order valence-electron chi connectivity index (χ3n) is 3.56. The summed E-state index contributed by atoms with van der Waals surface area (Å²) in [5.41, 5.74) is 1.33. The molecule has 1 atom stereocenters. The van der Waals surface area contributed by atoms with Gasteiger partial charge in [0.1, 0.15) is 0 Å². The zero-order chi connectivity index (χ0) is 15.7. The number of hydrogen-bond acceptors (Lipinski definition) is 2. The van der Waals surface area contributed by atoms with Gasteiger partial charge in [0.15, 0.2) is 0 Å². The van der Waals surface area contributed by atoms with Crippen molar-refractivity contribution < 1.29 is 4.74 Å². The number of halogens is 1. The molecule has 0 bridgehead atoms. The van der Waals surface area contributed by atoms with Crippen LogP contribution < -0.4 is 5.32 Å². The van der Waals surface area contributed by atoms with Gasteiger partial charge in [0, 0.05) is 30.8 Å². The van der Waals surface area contributed by atoms with Crippen molar-refractivity contribution in [2.45, 2.75) is 52.5 Å². The summed E-state index contributed by atoms with van der Waals surface area (Å²) in [6.07, 6.45) is 2.18. The molecular weight excluding hydrogens is 282 g/mol. The summed E-state index contributed by atoms with van der Waals surface area (Å²) >= 11 is 5.98. The van der Waals surface area contributed by atoms with Crippen molar-refractivity contribution in [2.24, 2.45) is 5.92 Å². The van der Waals surface area contributed by atoms with Crippen LogP contribution in [0.25, 0.3) is 0 Å². The van der Waals surface area contributed by atoms with Gasteiger partial charge in [0.2, 0.25) is 0 Å². The fraction of sp³-hybridized carbons (Fsp3) is 0.667. The Morgan fingerprint density at radius 2 is 1.62 bits per heavy atom. The second-order valence-corrected chi connectivity index (χ2v) is 6.83. The zero-order valence-electron chi connectivity index (χ0n) is 13.9. The average Bonchev–Trinajstić information content (AvgIpc) is 2.42. The van der Waals surface area contributed by atoms with Crippen molar-refractivity contribution in [2.75, 3.05) is 19.8 Å². The molecule has 0 aromatic heterocycles. The molecule has 0 amide bonds. The molecule has 2 nitrogen and oxygen atoms in total. The SMILES string of the molecule is CC(C)CCOCCC(CNC(C)C)c1ccc(Cl)cc1. The summed E-state index contributed by atoms with van der Waals surface area (Å²) in [6.45, 7) is 11.5. The van der Waals surface area contributed by atoms with E-state index in [0.717, 1.165) is 37.6 Å². The van der Waals surface area contributed by atoms with Gasteiger partial charge in [-0.2, -0.15) is 0 Å². The van der Waals surface area contributed by atoms with Crippen molar-refractivity contribution in [1.82, 2.24) is 5.32 Å². The van der Waals surface area contributed by atoms with Crippen LogP contribution in [0.3, 0.4) is 0 Å². The second kappa shape index (κ2) is 10.2. The highest BCUT2D eigenvalue weighted by atomic mass is 35.5. The van der Waals surface area contributed by atoms with Crippen LogP contribution in [0.4, 0.5) is 0 Å². The maximum atomic E-state index is 5.98. The lowest BCUT2D eigenvalue weighted by molar-refractivity contribution is 0.116. The Kier molecular flexibility index (Phi) is 8.98. The fourth-order valence-corrected chi connectivity index (χ4v) is 2.27. The molecule has 21 heavy (non-hydrogen) atoms. The van der Waals surface area contributed by atoms with Gasteiger partial charge in [-0.1, -0.05) is 51.4 Å². The summed E-state index contributed by atoms with van der Waals surface area (Å²) in [5, 5.41) is 4.32. The lowest BCUT2D eigenvalue weighted by atomic mass is 9.96. The first-order chi connectivity index (χ1) is 9.99. The molecule has 120 valence electrons. The highest BCUT2D eigenvalue weighted by molar-refractivity contribution is 6.30. The Balaban J connectivity index is 2.46. The Hall–Kier alpha value is -0.570. The molecule has 1 aromatic carbocycles. The molecular formula is C18H30ClNO. The van der Waals surface area contributed by atoms with Crippen molar-refractivity contribution in [3.8, 4) is 0 Å². The van der Waals surface area contributed by atoms with Crippen LogP contribution in [0.2, 0.25) is 5.02 Å². The van der Waals surface area contributed by atoms with Gasteiger partial charge in [-0.25, -0.2) is 0 Å². The van der Waals surface area contributed by atoms with E-state index in [1.165, 1.54) is 5.56 Å². The van der Waals surface area contributed by atoms with Crippen LogP contribution in [0.5, 0.6) is 0 Å². The Labute approximate surface area is 135 Å². The summed E-state index contributed by atoms with van der Waals surface area (Å²) in [4.78, 5) is 0. The Morgan fingerprint density at radius 1 is 1.00 bits per heavy atom. The molecule has 1 unspecified atom stereocenters. The van der Waals surface area contributed by atoms with Gasteiger partial charge in [0.05, 0.1) is 0 Å². The minimum absolute atomic E-state index is 0.476. The molecule has 0 saturated heterocycles. The van der Waals surface area contributed by atoms with E-state index in [4.69, 9.17) is 16.3 Å². The molecule has 0 aliphatic rings. The van der Waals surface area contributed by atoms with Gasteiger partial charge in [-0.3, -0.25) is 0 Å². The number of hydrogen-bond donors (Lipinski definition) is 1. The predicted molar refractivity (Wildman–Crippen MR) is 92.2 cm³/mol. The van der Waals surface area contributed by atoms with E-state index in [9.17, 15) is 0 Å².